The molecule has 0 aliphatic rings. The number of aryl methyl sites for hydroxylation is 1. The zero-order valence-corrected chi connectivity index (χ0v) is 13.8. The maximum absolute atomic E-state index is 12.5. The first-order valence-electron chi connectivity index (χ1n) is 7.29. The van der Waals surface area contributed by atoms with Crippen molar-refractivity contribution in [3.8, 4) is 11.1 Å². The molecule has 0 spiro atoms. The zero-order chi connectivity index (χ0) is 17.1. The van der Waals surface area contributed by atoms with Gasteiger partial charge in [-0.25, -0.2) is 0 Å². The smallest absolute Gasteiger partial charge is 0.266 e. The molecule has 6 nitrogen and oxygen atoms in total. The second-order valence-electron chi connectivity index (χ2n) is 5.38. The summed E-state index contributed by atoms with van der Waals surface area (Å²) in [6, 6.07) is 9.96. The normalized spacial score (nSPS) is 10.5. The van der Waals surface area contributed by atoms with E-state index in [0.29, 0.717) is 10.6 Å². The second kappa shape index (κ2) is 6.67. The van der Waals surface area contributed by atoms with Crippen LogP contribution in [0.15, 0.2) is 48.1 Å². The Labute approximate surface area is 142 Å². The van der Waals surface area contributed by atoms with Crippen LogP contribution in [0.25, 0.3) is 11.1 Å². The standard InChI is InChI=1S/C17H16N4O2S/c1-11-2-4-12(5-3-11)14-6-7-24-16(14)17(23)20-13-8-19-21(9-13)10-15(18)22/h2-9H,10H2,1H3,(H2,18,22)(H,20,23). The highest BCUT2D eigenvalue weighted by Gasteiger charge is 2.15. The molecule has 2 amide bonds. The van der Waals surface area contributed by atoms with Gasteiger partial charge in [-0.1, -0.05) is 29.8 Å². The van der Waals surface area contributed by atoms with Crippen LogP contribution < -0.4 is 11.1 Å². The van der Waals surface area contributed by atoms with Crippen molar-refractivity contribution in [1.82, 2.24) is 9.78 Å². The molecule has 1 aromatic carbocycles. The lowest BCUT2D eigenvalue weighted by Gasteiger charge is -2.05. The second-order valence-corrected chi connectivity index (χ2v) is 6.29. The minimum absolute atomic E-state index is 0.0243. The Balaban J connectivity index is 1.79. The molecule has 0 saturated heterocycles. The van der Waals surface area contributed by atoms with Gasteiger partial charge in [0, 0.05) is 11.8 Å². The minimum atomic E-state index is -0.490. The molecule has 0 fully saturated rings. The van der Waals surface area contributed by atoms with Crippen molar-refractivity contribution >= 4 is 28.8 Å². The number of benzene rings is 1. The van der Waals surface area contributed by atoms with Gasteiger partial charge in [0.2, 0.25) is 5.91 Å². The maximum atomic E-state index is 12.5. The summed E-state index contributed by atoms with van der Waals surface area (Å²) in [6.07, 6.45) is 3.06. The SMILES string of the molecule is Cc1ccc(-c2ccsc2C(=O)Nc2cnn(CC(N)=O)c2)cc1. The van der Waals surface area contributed by atoms with Crippen LogP contribution in [0.2, 0.25) is 0 Å². The highest BCUT2D eigenvalue weighted by atomic mass is 32.1. The summed E-state index contributed by atoms with van der Waals surface area (Å²) in [5.74, 6) is -0.699. The van der Waals surface area contributed by atoms with E-state index in [-0.39, 0.29) is 12.5 Å². The molecular formula is C17H16N4O2S. The summed E-state index contributed by atoms with van der Waals surface area (Å²) < 4.78 is 1.38. The van der Waals surface area contributed by atoms with Crippen molar-refractivity contribution in [3.63, 3.8) is 0 Å². The van der Waals surface area contributed by atoms with Gasteiger partial charge in [-0.05, 0) is 23.9 Å². The first kappa shape index (κ1) is 15.9. The van der Waals surface area contributed by atoms with Gasteiger partial charge in [0.05, 0.1) is 16.8 Å². The molecule has 0 unspecified atom stereocenters. The first-order valence-corrected chi connectivity index (χ1v) is 8.17. The van der Waals surface area contributed by atoms with Crippen molar-refractivity contribution < 1.29 is 9.59 Å². The van der Waals surface area contributed by atoms with E-state index in [4.69, 9.17) is 5.73 Å². The maximum Gasteiger partial charge on any atom is 0.266 e. The summed E-state index contributed by atoms with van der Waals surface area (Å²) in [4.78, 5) is 24.1. The largest absolute Gasteiger partial charge is 0.368 e. The van der Waals surface area contributed by atoms with Gasteiger partial charge < -0.3 is 11.1 Å². The summed E-state index contributed by atoms with van der Waals surface area (Å²) in [5, 5.41) is 8.67. The first-order chi connectivity index (χ1) is 11.5. The van der Waals surface area contributed by atoms with E-state index >= 15 is 0 Å². The number of nitrogens with one attached hydrogen (secondary N) is 1. The van der Waals surface area contributed by atoms with Crippen LogP contribution >= 0.6 is 11.3 Å². The Morgan fingerprint density at radius 2 is 2.00 bits per heavy atom. The molecule has 3 N–H and O–H groups in total. The van der Waals surface area contributed by atoms with E-state index in [9.17, 15) is 9.59 Å². The molecule has 2 aromatic heterocycles. The number of hydrogen-bond acceptors (Lipinski definition) is 4. The van der Waals surface area contributed by atoms with E-state index < -0.39 is 5.91 Å². The number of thiophene rings is 1. The van der Waals surface area contributed by atoms with E-state index in [1.54, 1.807) is 6.20 Å². The molecule has 24 heavy (non-hydrogen) atoms. The van der Waals surface area contributed by atoms with E-state index in [1.165, 1.54) is 27.8 Å². The Morgan fingerprint density at radius 3 is 2.71 bits per heavy atom. The van der Waals surface area contributed by atoms with Crippen LogP contribution in [-0.2, 0) is 11.3 Å². The summed E-state index contributed by atoms with van der Waals surface area (Å²) in [6.45, 7) is 2.00. The van der Waals surface area contributed by atoms with Gasteiger partial charge in [0.25, 0.3) is 5.91 Å². The van der Waals surface area contributed by atoms with E-state index in [0.717, 1.165) is 11.1 Å². The van der Waals surface area contributed by atoms with Crippen LogP contribution in [0.3, 0.4) is 0 Å². The van der Waals surface area contributed by atoms with Crippen molar-refractivity contribution in [2.75, 3.05) is 5.32 Å². The monoisotopic (exact) mass is 340 g/mol. The average molecular weight is 340 g/mol. The Kier molecular flexibility index (Phi) is 4.43. The molecule has 0 aliphatic heterocycles. The molecule has 0 atom stereocenters. The topological polar surface area (TPSA) is 90.0 Å². The number of aromatic nitrogens is 2. The lowest BCUT2D eigenvalue weighted by molar-refractivity contribution is -0.118. The molecule has 7 heteroatoms. The lowest BCUT2D eigenvalue weighted by Crippen LogP contribution is -2.18. The lowest BCUT2D eigenvalue weighted by atomic mass is 10.0. The van der Waals surface area contributed by atoms with E-state index in [2.05, 4.69) is 10.4 Å². The fourth-order valence-electron chi connectivity index (χ4n) is 2.31. The Bertz CT molecular complexity index is 880. The molecule has 0 bridgehead atoms. The fourth-order valence-corrected chi connectivity index (χ4v) is 3.12. The third-order valence-electron chi connectivity index (χ3n) is 3.44. The van der Waals surface area contributed by atoms with E-state index in [1.807, 2.05) is 42.6 Å². The van der Waals surface area contributed by atoms with Crippen molar-refractivity contribution in [2.45, 2.75) is 13.5 Å². The van der Waals surface area contributed by atoms with Crippen molar-refractivity contribution in [3.05, 3.63) is 58.5 Å². The number of carbonyl (C=O) groups is 2. The van der Waals surface area contributed by atoms with Gasteiger partial charge in [-0.3, -0.25) is 14.3 Å². The van der Waals surface area contributed by atoms with Crippen molar-refractivity contribution in [1.29, 1.82) is 0 Å². The number of primary amides is 1. The molecular weight excluding hydrogens is 324 g/mol. The summed E-state index contributed by atoms with van der Waals surface area (Å²) in [7, 11) is 0. The zero-order valence-electron chi connectivity index (χ0n) is 13.0. The Hall–Kier alpha value is -2.93. The fraction of sp³-hybridized carbons (Fsp3) is 0.118. The molecule has 0 radical (unpaired) electrons. The number of anilines is 1. The van der Waals surface area contributed by atoms with Crippen LogP contribution in [0.1, 0.15) is 15.2 Å². The highest BCUT2D eigenvalue weighted by molar-refractivity contribution is 7.12. The average Bonchev–Trinajstić information content (AvgIpc) is 3.17. The molecule has 122 valence electrons. The van der Waals surface area contributed by atoms with Crippen LogP contribution in [0.4, 0.5) is 5.69 Å². The van der Waals surface area contributed by atoms with Crippen molar-refractivity contribution in [2.24, 2.45) is 5.73 Å². The summed E-state index contributed by atoms with van der Waals surface area (Å²) in [5.41, 5.74) is 8.70. The van der Waals surface area contributed by atoms with Gasteiger partial charge in [0.1, 0.15) is 6.54 Å². The van der Waals surface area contributed by atoms with Gasteiger partial charge in [-0.15, -0.1) is 11.3 Å². The third-order valence-corrected chi connectivity index (χ3v) is 4.36. The quantitative estimate of drug-likeness (QED) is 0.748. The van der Waals surface area contributed by atoms with Crippen LogP contribution in [-0.4, -0.2) is 21.6 Å². The number of hydrogen-bond donors (Lipinski definition) is 2. The predicted molar refractivity (Wildman–Crippen MR) is 93.9 cm³/mol. The van der Waals surface area contributed by atoms with Gasteiger partial charge >= 0.3 is 0 Å². The van der Waals surface area contributed by atoms with Crippen LogP contribution in [0, 0.1) is 6.92 Å². The Morgan fingerprint density at radius 1 is 1.25 bits per heavy atom. The van der Waals surface area contributed by atoms with Gasteiger partial charge in [-0.2, -0.15) is 5.10 Å². The van der Waals surface area contributed by atoms with Gasteiger partial charge in [0.15, 0.2) is 0 Å². The number of carbonyl (C=O) groups excluding carboxylic acids is 2. The van der Waals surface area contributed by atoms with Crippen LogP contribution in [0.5, 0.6) is 0 Å². The number of rotatable bonds is 5. The molecule has 3 aromatic rings. The number of nitrogens with two attached hydrogens (primary N) is 1. The number of nitrogens with zero attached hydrogens (tertiary/aromatic N) is 2. The molecule has 0 aliphatic carbocycles. The molecule has 3 rings (SSSR count). The highest BCUT2D eigenvalue weighted by Crippen LogP contribution is 2.29. The molecule has 2 heterocycles. The third kappa shape index (κ3) is 3.52. The minimum Gasteiger partial charge on any atom is -0.368 e. The predicted octanol–water partition coefficient (Wildman–Crippen LogP) is 2.66. The molecule has 0 saturated carbocycles. The number of amides is 2. The summed E-state index contributed by atoms with van der Waals surface area (Å²) >= 11 is 1.38.